The molecule has 1 fully saturated rings. The van der Waals surface area contributed by atoms with Gasteiger partial charge in [-0.2, -0.15) is 0 Å². The van der Waals surface area contributed by atoms with Crippen LogP contribution < -0.4 is 25.8 Å². The minimum Gasteiger partial charge on any atom is -0.495 e. The number of aromatic amines is 1. The second-order valence-corrected chi connectivity index (χ2v) is 11.9. The van der Waals surface area contributed by atoms with Crippen LogP contribution in [0.3, 0.4) is 0 Å². The summed E-state index contributed by atoms with van der Waals surface area (Å²) in [6.45, 7) is 5.78. The number of primary amides is 1. The number of nitrogens with one attached hydrogen (secondary N) is 1. The van der Waals surface area contributed by atoms with E-state index in [0.717, 1.165) is 51.0 Å². The predicted molar refractivity (Wildman–Crippen MR) is 183 cm³/mol. The van der Waals surface area contributed by atoms with Crippen LogP contribution in [0.5, 0.6) is 11.5 Å². The first-order valence-electron chi connectivity index (χ1n) is 15.8. The van der Waals surface area contributed by atoms with Crippen molar-refractivity contribution in [1.82, 2.24) is 19.8 Å². The highest BCUT2D eigenvalue weighted by Crippen LogP contribution is 2.39. The zero-order valence-corrected chi connectivity index (χ0v) is 27.5. The maximum atomic E-state index is 14.0. The summed E-state index contributed by atoms with van der Waals surface area (Å²) in [7, 11) is 5.13. The Morgan fingerprint density at radius 2 is 1.77 bits per heavy atom. The van der Waals surface area contributed by atoms with Gasteiger partial charge in [-0.15, -0.1) is 0 Å². The molecule has 2 heterocycles. The van der Waals surface area contributed by atoms with Crippen molar-refractivity contribution in [3.63, 3.8) is 0 Å². The van der Waals surface area contributed by atoms with E-state index in [1.807, 2.05) is 48.2 Å². The number of fused-ring (bicyclic) bond motifs is 1. The summed E-state index contributed by atoms with van der Waals surface area (Å²) in [6.07, 6.45) is 2.94. The molecule has 12 heteroatoms. The minimum absolute atomic E-state index is 0.0388. The van der Waals surface area contributed by atoms with E-state index >= 15 is 0 Å². The second-order valence-electron chi connectivity index (χ2n) is 11.9. The van der Waals surface area contributed by atoms with Crippen molar-refractivity contribution < 1.29 is 23.9 Å². The largest absolute Gasteiger partial charge is 0.495 e. The summed E-state index contributed by atoms with van der Waals surface area (Å²) in [5, 5.41) is 0. The first kappa shape index (κ1) is 33.3. The first-order chi connectivity index (χ1) is 22.6. The number of methoxy groups -OCH3 is 1. The minimum atomic E-state index is -0.805. The SMILES string of the molecule is COc1c(-c2cccc3[nH]c(N)nc23)ccc(C(=O)N(C)c2ccc(C)cc2OCCCCCC(=O)N2CCN(C)CC2)c1C(N)=O. The number of unbranched alkanes of at least 4 members (excludes halogenated alkanes) is 2. The van der Waals surface area contributed by atoms with Gasteiger partial charge in [0.15, 0.2) is 5.95 Å². The van der Waals surface area contributed by atoms with Crippen LogP contribution in [0.4, 0.5) is 11.6 Å². The molecule has 0 atom stereocenters. The number of ether oxygens (including phenoxy) is 2. The fourth-order valence-corrected chi connectivity index (χ4v) is 5.95. The lowest BCUT2D eigenvalue weighted by molar-refractivity contribution is -0.132. The third-order valence-corrected chi connectivity index (χ3v) is 8.59. The van der Waals surface area contributed by atoms with Crippen LogP contribution in [0.1, 0.15) is 52.0 Å². The lowest BCUT2D eigenvalue weighted by Gasteiger charge is -2.32. The number of para-hydroxylation sites is 1. The number of nitrogens with zero attached hydrogens (tertiary/aromatic N) is 4. The topological polar surface area (TPSA) is 160 Å². The average Bonchev–Trinajstić information content (AvgIpc) is 3.45. The highest BCUT2D eigenvalue weighted by atomic mass is 16.5. The zero-order valence-electron chi connectivity index (χ0n) is 27.5. The van der Waals surface area contributed by atoms with Gasteiger partial charge in [0, 0.05) is 50.8 Å². The molecular formula is C35H43N7O5. The molecular weight excluding hydrogens is 598 g/mol. The Morgan fingerprint density at radius 1 is 1.00 bits per heavy atom. The average molecular weight is 642 g/mol. The van der Waals surface area contributed by atoms with E-state index in [9.17, 15) is 14.4 Å². The summed E-state index contributed by atoms with van der Waals surface area (Å²) in [4.78, 5) is 52.4. The number of benzene rings is 3. The van der Waals surface area contributed by atoms with Crippen LogP contribution in [0.15, 0.2) is 48.5 Å². The number of anilines is 2. The number of hydrogen-bond acceptors (Lipinski definition) is 8. The van der Waals surface area contributed by atoms with Crippen LogP contribution in [0, 0.1) is 6.92 Å². The molecule has 0 spiro atoms. The van der Waals surface area contributed by atoms with Gasteiger partial charge in [-0.3, -0.25) is 14.4 Å². The molecule has 3 amide bonds. The second kappa shape index (κ2) is 14.5. The van der Waals surface area contributed by atoms with Crippen molar-refractivity contribution >= 4 is 40.4 Å². The van der Waals surface area contributed by atoms with E-state index in [4.69, 9.17) is 20.9 Å². The Balaban J connectivity index is 1.30. The van der Waals surface area contributed by atoms with Crippen molar-refractivity contribution in [3.05, 3.63) is 65.2 Å². The molecule has 248 valence electrons. The van der Waals surface area contributed by atoms with Crippen LogP contribution in [-0.2, 0) is 4.79 Å². The Bertz CT molecular complexity index is 1780. The van der Waals surface area contributed by atoms with E-state index in [1.165, 1.54) is 12.0 Å². The molecule has 4 aromatic rings. The van der Waals surface area contributed by atoms with Gasteiger partial charge in [0.05, 0.1) is 41.6 Å². The van der Waals surface area contributed by atoms with Gasteiger partial charge in [0.1, 0.15) is 11.5 Å². The van der Waals surface area contributed by atoms with Gasteiger partial charge >= 0.3 is 0 Å². The van der Waals surface area contributed by atoms with E-state index in [0.29, 0.717) is 46.6 Å². The molecule has 47 heavy (non-hydrogen) atoms. The van der Waals surface area contributed by atoms with Gasteiger partial charge in [-0.25, -0.2) is 4.98 Å². The number of aryl methyl sites for hydroxylation is 1. The quantitative estimate of drug-likeness (QED) is 0.194. The first-order valence-corrected chi connectivity index (χ1v) is 15.8. The number of hydrogen-bond donors (Lipinski definition) is 3. The van der Waals surface area contributed by atoms with Crippen molar-refractivity contribution in [1.29, 1.82) is 0 Å². The Kier molecular flexibility index (Phi) is 10.3. The number of nitrogens with two attached hydrogens (primary N) is 2. The van der Waals surface area contributed by atoms with Crippen molar-refractivity contribution in [2.24, 2.45) is 5.73 Å². The molecule has 5 rings (SSSR count). The summed E-state index contributed by atoms with van der Waals surface area (Å²) in [5.74, 6) is -0.0910. The van der Waals surface area contributed by atoms with Crippen LogP contribution >= 0.6 is 0 Å². The van der Waals surface area contributed by atoms with E-state index in [-0.39, 0.29) is 28.7 Å². The monoisotopic (exact) mass is 641 g/mol. The molecule has 0 bridgehead atoms. The highest BCUT2D eigenvalue weighted by Gasteiger charge is 2.28. The molecule has 1 aromatic heterocycles. The number of amides is 3. The van der Waals surface area contributed by atoms with Crippen molar-refractivity contribution in [2.75, 3.05) is 64.6 Å². The van der Waals surface area contributed by atoms with Crippen molar-refractivity contribution in [3.8, 4) is 22.6 Å². The van der Waals surface area contributed by atoms with Crippen LogP contribution in [0.2, 0.25) is 0 Å². The number of carbonyl (C=O) groups excluding carboxylic acids is 3. The molecule has 0 saturated carbocycles. The van der Waals surface area contributed by atoms with Crippen LogP contribution in [0.25, 0.3) is 22.2 Å². The Labute approximate surface area is 274 Å². The molecule has 12 nitrogen and oxygen atoms in total. The smallest absolute Gasteiger partial charge is 0.259 e. The third kappa shape index (κ3) is 7.33. The fraction of sp³-hybridized carbons (Fsp3) is 0.371. The van der Waals surface area contributed by atoms with Gasteiger partial charge in [0.2, 0.25) is 5.91 Å². The van der Waals surface area contributed by atoms with Crippen molar-refractivity contribution in [2.45, 2.75) is 32.6 Å². The Hall–Kier alpha value is -5.10. The van der Waals surface area contributed by atoms with Crippen LogP contribution in [-0.4, -0.2) is 91.5 Å². The van der Waals surface area contributed by atoms with Gasteiger partial charge < -0.3 is 40.6 Å². The van der Waals surface area contributed by atoms with Gasteiger partial charge in [-0.05, 0) is 69.1 Å². The number of aromatic nitrogens is 2. The van der Waals surface area contributed by atoms with Gasteiger partial charge in [0.25, 0.3) is 11.8 Å². The number of H-pyrrole nitrogens is 1. The predicted octanol–water partition coefficient (Wildman–Crippen LogP) is 4.22. The molecule has 0 aliphatic carbocycles. The summed E-state index contributed by atoms with van der Waals surface area (Å²) >= 11 is 0. The van der Waals surface area contributed by atoms with Gasteiger partial charge in [-0.1, -0.05) is 18.2 Å². The van der Waals surface area contributed by atoms with E-state index < -0.39 is 11.8 Å². The maximum absolute atomic E-state index is 14.0. The summed E-state index contributed by atoms with van der Waals surface area (Å²) in [6, 6.07) is 14.4. The molecule has 5 N–H and O–H groups in total. The molecule has 1 aliphatic heterocycles. The summed E-state index contributed by atoms with van der Waals surface area (Å²) < 4.78 is 11.9. The number of rotatable bonds is 12. The Morgan fingerprint density at radius 3 is 2.49 bits per heavy atom. The molecule has 0 unspecified atom stereocenters. The molecule has 0 radical (unpaired) electrons. The summed E-state index contributed by atoms with van der Waals surface area (Å²) in [5.41, 5.74) is 15.9. The molecule has 1 saturated heterocycles. The number of nitrogen functional groups attached to an aromatic ring is 1. The highest BCUT2D eigenvalue weighted by molar-refractivity contribution is 6.15. The third-order valence-electron chi connectivity index (χ3n) is 8.59. The number of carbonyl (C=O) groups is 3. The lowest BCUT2D eigenvalue weighted by Crippen LogP contribution is -2.47. The molecule has 3 aromatic carbocycles. The fourth-order valence-electron chi connectivity index (χ4n) is 5.95. The number of likely N-dealkylation sites (N-methyl/N-ethyl adjacent to an activating group) is 1. The maximum Gasteiger partial charge on any atom is 0.259 e. The zero-order chi connectivity index (χ0) is 33.7. The number of piperazine rings is 1. The molecule has 1 aliphatic rings. The standard InChI is InChI=1S/C35H43N7O5/c1-22-12-15-27(28(21-22)47-20-7-5-6-11-29(43)42-18-16-40(2)17-19-42)41(3)34(45)25-14-13-24(32(46-4)30(25)33(36)44)23-9-8-10-26-31(23)39-35(37)38-26/h8-10,12-15,21H,5-7,11,16-20H2,1-4H3,(H2,36,44)(H3,37,38,39). The van der Waals surface area contributed by atoms with E-state index in [1.54, 1.807) is 19.2 Å². The van der Waals surface area contributed by atoms with E-state index in [2.05, 4.69) is 21.9 Å². The number of imidazole rings is 1. The lowest BCUT2D eigenvalue weighted by atomic mass is 9.95. The normalized spacial score (nSPS) is 13.5.